The Morgan fingerprint density at radius 3 is 3.00 bits per heavy atom. The van der Waals surface area contributed by atoms with Crippen molar-refractivity contribution in [3.63, 3.8) is 0 Å². The Bertz CT molecular complexity index is 312. The van der Waals surface area contributed by atoms with Crippen molar-refractivity contribution < 1.29 is 4.74 Å². The molecule has 0 saturated heterocycles. The van der Waals surface area contributed by atoms with E-state index in [4.69, 9.17) is 4.74 Å². The molecule has 0 radical (unpaired) electrons. The number of ether oxygens (including phenoxy) is 1. The maximum absolute atomic E-state index is 5.31. The second-order valence-corrected chi connectivity index (χ2v) is 5.56. The first-order chi connectivity index (χ1) is 8.90. The number of hydrogen-bond donors (Lipinski definition) is 1. The molecule has 1 aliphatic carbocycles. The molecule has 0 bridgehead atoms. The third-order valence-electron chi connectivity index (χ3n) is 3.23. The fourth-order valence-corrected chi connectivity index (χ4v) is 2.74. The lowest BCUT2D eigenvalue weighted by Crippen LogP contribution is -2.34. The zero-order chi connectivity index (χ0) is 12.6. The summed E-state index contributed by atoms with van der Waals surface area (Å²) in [6.07, 6.45) is 2.76. The van der Waals surface area contributed by atoms with Gasteiger partial charge in [-0.3, -0.25) is 4.90 Å². The lowest BCUT2D eigenvalue weighted by Gasteiger charge is -2.21. The van der Waals surface area contributed by atoms with Gasteiger partial charge in [0.1, 0.15) is 0 Å². The summed E-state index contributed by atoms with van der Waals surface area (Å²) in [7, 11) is 0. The van der Waals surface area contributed by atoms with Crippen molar-refractivity contribution in [2.45, 2.75) is 32.4 Å². The molecule has 0 unspecified atom stereocenters. The summed E-state index contributed by atoms with van der Waals surface area (Å²) in [5.74, 6) is 0. The highest BCUT2D eigenvalue weighted by Gasteiger charge is 2.28. The third kappa shape index (κ3) is 5.06. The van der Waals surface area contributed by atoms with Crippen molar-refractivity contribution in [1.29, 1.82) is 0 Å². The molecule has 0 spiro atoms. The molecule has 1 heterocycles. The van der Waals surface area contributed by atoms with Crippen LogP contribution >= 0.6 is 11.3 Å². The summed E-state index contributed by atoms with van der Waals surface area (Å²) in [4.78, 5) is 2.61. The average Bonchev–Trinajstić information content (AvgIpc) is 3.10. The molecular formula is C14H24N2OS. The van der Waals surface area contributed by atoms with E-state index in [0.717, 1.165) is 45.4 Å². The summed E-state index contributed by atoms with van der Waals surface area (Å²) >= 11 is 1.79. The summed E-state index contributed by atoms with van der Waals surface area (Å²) in [5, 5.41) is 7.88. The topological polar surface area (TPSA) is 24.5 Å². The minimum absolute atomic E-state index is 0.814. The van der Waals surface area contributed by atoms with E-state index in [1.54, 1.807) is 11.3 Å². The molecular weight excluding hydrogens is 244 g/mol. The maximum Gasteiger partial charge on any atom is 0.0590 e. The Balaban J connectivity index is 1.61. The number of nitrogens with zero attached hydrogens (tertiary/aromatic N) is 1. The number of thiophene rings is 1. The van der Waals surface area contributed by atoms with E-state index in [1.807, 2.05) is 6.92 Å². The monoisotopic (exact) mass is 268 g/mol. The third-order valence-corrected chi connectivity index (χ3v) is 3.96. The Kier molecular flexibility index (Phi) is 6.14. The van der Waals surface area contributed by atoms with E-state index in [1.165, 1.54) is 18.4 Å². The van der Waals surface area contributed by atoms with Gasteiger partial charge in [-0.25, -0.2) is 0 Å². The number of rotatable bonds is 10. The maximum atomic E-state index is 5.31. The summed E-state index contributed by atoms with van der Waals surface area (Å²) < 4.78 is 5.31. The van der Waals surface area contributed by atoms with Gasteiger partial charge in [0, 0.05) is 38.8 Å². The zero-order valence-electron chi connectivity index (χ0n) is 11.2. The molecule has 2 rings (SSSR count). The summed E-state index contributed by atoms with van der Waals surface area (Å²) in [6.45, 7) is 7.96. The molecule has 0 aliphatic heterocycles. The van der Waals surface area contributed by atoms with Gasteiger partial charge in [0.2, 0.25) is 0 Å². The largest absolute Gasteiger partial charge is 0.380 e. The Morgan fingerprint density at radius 2 is 2.33 bits per heavy atom. The Hall–Kier alpha value is -0.420. The van der Waals surface area contributed by atoms with Crippen LogP contribution in [0.4, 0.5) is 0 Å². The van der Waals surface area contributed by atoms with E-state index < -0.39 is 0 Å². The molecule has 1 fully saturated rings. The second-order valence-electron chi connectivity index (χ2n) is 4.78. The quantitative estimate of drug-likeness (QED) is 0.659. The normalized spacial score (nSPS) is 15.4. The second kappa shape index (κ2) is 7.89. The van der Waals surface area contributed by atoms with Crippen LogP contribution in [0.15, 0.2) is 16.8 Å². The highest BCUT2D eigenvalue weighted by atomic mass is 32.1. The van der Waals surface area contributed by atoms with Crippen LogP contribution in [0.3, 0.4) is 0 Å². The Morgan fingerprint density at radius 1 is 1.44 bits per heavy atom. The highest BCUT2D eigenvalue weighted by Crippen LogP contribution is 2.28. The van der Waals surface area contributed by atoms with Gasteiger partial charge in [-0.2, -0.15) is 11.3 Å². The van der Waals surface area contributed by atoms with Crippen molar-refractivity contribution in [3.8, 4) is 0 Å². The average molecular weight is 268 g/mol. The van der Waals surface area contributed by atoms with Gasteiger partial charge in [-0.05, 0) is 42.2 Å². The van der Waals surface area contributed by atoms with Gasteiger partial charge >= 0.3 is 0 Å². The molecule has 1 aromatic rings. The smallest absolute Gasteiger partial charge is 0.0590 e. The zero-order valence-corrected chi connectivity index (χ0v) is 12.0. The first kappa shape index (κ1) is 14.0. The van der Waals surface area contributed by atoms with E-state index in [-0.39, 0.29) is 0 Å². The van der Waals surface area contributed by atoms with E-state index >= 15 is 0 Å². The standard InChI is InChI=1S/C14H24N2OS/c1-2-17-9-7-15-6-8-16(14-3-4-14)11-13-5-10-18-12-13/h5,10,12,14-15H,2-4,6-9,11H2,1H3. The van der Waals surface area contributed by atoms with Gasteiger partial charge < -0.3 is 10.1 Å². The molecule has 1 N–H and O–H groups in total. The first-order valence-electron chi connectivity index (χ1n) is 6.93. The number of hydrogen-bond acceptors (Lipinski definition) is 4. The predicted octanol–water partition coefficient (Wildman–Crippen LogP) is 2.34. The predicted molar refractivity (Wildman–Crippen MR) is 77.1 cm³/mol. The van der Waals surface area contributed by atoms with Crippen molar-refractivity contribution in [1.82, 2.24) is 10.2 Å². The molecule has 0 amide bonds. The lowest BCUT2D eigenvalue weighted by molar-refractivity contribution is 0.148. The molecule has 0 atom stereocenters. The highest BCUT2D eigenvalue weighted by molar-refractivity contribution is 7.07. The minimum atomic E-state index is 0.814. The molecule has 0 aromatic carbocycles. The van der Waals surface area contributed by atoms with Gasteiger partial charge in [0.15, 0.2) is 0 Å². The van der Waals surface area contributed by atoms with E-state index in [0.29, 0.717) is 0 Å². The van der Waals surface area contributed by atoms with Crippen LogP contribution in [0.5, 0.6) is 0 Å². The van der Waals surface area contributed by atoms with Crippen LogP contribution in [0.1, 0.15) is 25.3 Å². The van der Waals surface area contributed by atoms with Crippen molar-refractivity contribution in [2.24, 2.45) is 0 Å². The van der Waals surface area contributed by atoms with Crippen LogP contribution < -0.4 is 5.32 Å². The molecule has 1 aromatic heterocycles. The summed E-state index contributed by atoms with van der Waals surface area (Å²) in [5.41, 5.74) is 1.46. The minimum Gasteiger partial charge on any atom is -0.380 e. The van der Waals surface area contributed by atoms with Gasteiger partial charge in [-0.15, -0.1) is 0 Å². The SMILES string of the molecule is CCOCCNCCN(Cc1ccsc1)C1CC1. The fraction of sp³-hybridized carbons (Fsp3) is 0.714. The van der Waals surface area contributed by atoms with Crippen LogP contribution in [-0.2, 0) is 11.3 Å². The van der Waals surface area contributed by atoms with Crippen LogP contribution in [0.2, 0.25) is 0 Å². The van der Waals surface area contributed by atoms with E-state index in [9.17, 15) is 0 Å². The molecule has 1 saturated carbocycles. The fourth-order valence-electron chi connectivity index (χ4n) is 2.08. The van der Waals surface area contributed by atoms with Crippen LogP contribution in [-0.4, -0.2) is 43.8 Å². The molecule has 4 heteroatoms. The van der Waals surface area contributed by atoms with Crippen LogP contribution in [0, 0.1) is 0 Å². The molecule has 102 valence electrons. The van der Waals surface area contributed by atoms with Crippen molar-refractivity contribution >= 4 is 11.3 Å². The Labute approximate surface area is 114 Å². The van der Waals surface area contributed by atoms with Crippen LogP contribution in [0.25, 0.3) is 0 Å². The lowest BCUT2D eigenvalue weighted by atomic mass is 10.3. The van der Waals surface area contributed by atoms with Crippen molar-refractivity contribution in [2.75, 3.05) is 32.8 Å². The van der Waals surface area contributed by atoms with E-state index in [2.05, 4.69) is 27.0 Å². The molecule has 18 heavy (non-hydrogen) atoms. The molecule has 1 aliphatic rings. The van der Waals surface area contributed by atoms with Gasteiger partial charge in [-0.1, -0.05) is 0 Å². The number of nitrogens with one attached hydrogen (secondary N) is 1. The van der Waals surface area contributed by atoms with Gasteiger partial charge in [0.05, 0.1) is 6.61 Å². The summed E-state index contributed by atoms with van der Waals surface area (Å²) in [6, 6.07) is 3.07. The molecule has 3 nitrogen and oxygen atoms in total. The van der Waals surface area contributed by atoms with Crippen molar-refractivity contribution in [3.05, 3.63) is 22.4 Å². The first-order valence-corrected chi connectivity index (χ1v) is 7.88. The van der Waals surface area contributed by atoms with Gasteiger partial charge in [0.25, 0.3) is 0 Å².